The Balaban J connectivity index is 2.23. The van der Waals surface area contributed by atoms with Gasteiger partial charge < -0.3 is 5.73 Å². The Kier molecular flexibility index (Phi) is 2.59. The average molecular weight is 245 g/mol. The molecule has 1 fully saturated rings. The van der Waals surface area contributed by atoms with Gasteiger partial charge in [-0.1, -0.05) is 12.8 Å². The fraction of sp³-hybridized carbons (Fsp3) is 0.615. The number of hydrogen-bond donors (Lipinski definition) is 1. The first kappa shape index (κ1) is 11.6. The van der Waals surface area contributed by atoms with E-state index >= 15 is 0 Å². The quantitative estimate of drug-likeness (QED) is 0.870. The molecule has 96 valence electrons. The molecule has 0 spiro atoms. The molecule has 0 amide bonds. The lowest BCUT2D eigenvalue weighted by Gasteiger charge is -2.25. The lowest BCUT2D eigenvalue weighted by molar-refractivity contribution is 0.418. The van der Waals surface area contributed by atoms with Crippen LogP contribution >= 0.6 is 0 Å². The lowest BCUT2D eigenvalue weighted by Crippen LogP contribution is -2.34. The molecule has 2 aromatic heterocycles. The minimum atomic E-state index is 0.00111. The second-order valence-corrected chi connectivity index (χ2v) is 5.35. The number of nitrogens with zero attached hydrogens (tertiary/aromatic N) is 4. The van der Waals surface area contributed by atoms with Crippen molar-refractivity contribution >= 4 is 5.65 Å². The summed E-state index contributed by atoms with van der Waals surface area (Å²) in [5.41, 5.74) is 7.89. The van der Waals surface area contributed by atoms with Crippen molar-refractivity contribution in [1.82, 2.24) is 19.6 Å². The van der Waals surface area contributed by atoms with E-state index in [0.29, 0.717) is 6.54 Å². The third kappa shape index (κ3) is 1.54. The smallest absolute Gasteiger partial charge is 0.164 e. The molecule has 1 aliphatic rings. The van der Waals surface area contributed by atoms with E-state index in [1.54, 1.807) is 0 Å². The molecular weight excluding hydrogens is 226 g/mol. The normalized spacial score (nSPS) is 18.6. The molecule has 18 heavy (non-hydrogen) atoms. The Bertz CT molecular complexity index is 580. The summed E-state index contributed by atoms with van der Waals surface area (Å²) in [5, 5.41) is 8.71. The number of aryl methyl sites for hydroxylation is 2. The SMILES string of the molecule is Cc1cc2nnc(C3(CN)CCCC3)n2c(C)n1. The summed E-state index contributed by atoms with van der Waals surface area (Å²) in [6, 6.07) is 1.97. The van der Waals surface area contributed by atoms with E-state index in [9.17, 15) is 0 Å². The Hall–Kier alpha value is -1.49. The van der Waals surface area contributed by atoms with Crippen LogP contribution in [0.25, 0.3) is 5.65 Å². The van der Waals surface area contributed by atoms with Crippen molar-refractivity contribution in [2.75, 3.05) is 6.54 Å². The lowest BCUT2D eigenvalue weighted by atomic mass is 9.85. The van der Waals surface area contributed by atoms with Crippen molar-refractivity contribution in [3.8, 4) is 0 Å². The van der Waals surface area contributed by atoms with E-state index in [0.717, 1.165) is 35.8 Å². The molecular formula is C13H19N5. The summed E-state index contributed by atoms with van der Waals surface area (Å²) in [6.07, 6.45) is 4.67. The molecule has 3 rings (SSSR count). The van der Waals surface area contributed by atoms with Crippen molar-refractivity contribution in [2.45, 2.75) is 44.9 Å². The topological polar surface area (TPSA) is 69.1 Å². The van der Waals surface area contributed by atoms with Gasteiger partial charge in [-0.25, -0.2) is 4.98 Å². The van der Waals surface area contributed by atoms with Gasteiger partial charge in [0.25, 0.3) is 0 Å². The van der Waals surface area contributed by atoms with Gasteiger partial charge in [-0.15, -0.1) is 10.2 Å². The maximum atomic E-state index is 6.03. The second-order valence-electron chi connectivity index (χ2n) is 5.35. The minimum Gasteiger partial charge on any atom is -0.329 e. The first-order valence-corrected chi connectivity index (χ1v) is 6.56. The van der Waals surface area contributed by atoms with Gasteiger partial charge in [-0.2, -0.15) is 0 Å². The van der Waals surface area contributed by atoms with Crippen molar-refractivity contribution < 1.29 is 0 Å². The van der Waals surface area contributed by atoms with E-state index in [-0.39, 0.29) is 5.41 Å². The highest BCUT2D eigenvalue weighted by Gasteiger charge is 2.38. The minimum absolute atomic E-state index is 0.00111. The molecule has 0 unspecified atom stereocenters. The molecule has 2 N–H and O–H groups in total. The summed E-state index contributed by atoms with van der Waals surface area (Å²) >= 11 is 0. The van der Waals surface area contributed by atoms with E-state index in [1.165, 1.54) is 12.8 Å². The zero-order valence-corrected chi connectivity index (χ0v) is 11.0. The molecule has 5 heteroatoms. The van der Waals surface area contributed by atoms with Crippen LogP contribution in [0.3, 0.4) is 0 Å². The summed E-state index contributed by atoms with van der Waals surface area (Å²) in [7, 11) is 0. The maximum absolute atomic E-state index is 6.03. The van der Waals surface area contributed by atoms with Crippen LogP contribution in [0.5, 0.6) is 0 Å². The summed E-state index contributed by atoms with van der Waals surface area (Å²) in [6.45, 7) is 4.63. The van der Waals surface area contributed by atoms with Gasteiger partial charge in [0.05, 0.1) is 0 Å². The third-order valence-electron chi connectivity index (χ3n) is 4.11. The molecule has 5 nitrogen and oxygen atoms in total. The first-order chi connectivity index (χ1) is 8.66. The fourth-order valence-electron chi connectivity index (χ4n) is 3.15. The predicted molar refractivity (Wildman–Crippen MR) is 69.5 cm³/mol. The number of aromatic nitrogens is 4. The van der Waals surface area contributed by atoms with Crippen molar-refractivity contribution in [3.63, 3.8) is 0 Å². The van der Waals surface area contributed by atoms with Crippen LogP contribution in [0.15, 0.2) is 6.07 Å². The number of hydrogen-bond acceptors (Lipinski definition) is 4. The van der Waals surface area contributed by atoms with Crippen LogP contribution in [0.4, 0.5) is 0 Å². The molecule has 0 atom stereocenters. The van der Waals surface area contributed by atoms with Crippen LogP contribution < -0.4 is 5.73 Å². The predicted octanol–water partition coefficient (Wildman–Crippen LogP) is 1.51. The van der Waals surface area contributed by atoms with Crippen molar-refractivity contribution in [1.29, 1.82) is 0 Å². The number of nitrogens with two attached hydrogens (primary N) is 1. The Morgan fingerprint density at radius 3 is 2.67 bits per heavy atom. The van der Waals surface area contributed by atoms with E-state index in [2.05, 4.69) is 19.6 Å². The zero-order chi connectivity index (χ0) is 12.8. The Labute approximate surface area is 106 Å². The van der Waals surface area contributed by atoms with Gasteiger partial charge in [0.15, 0.2) is 5.65 Å². The van der Waals surface area contributed by atoms with Crippen molar-refractivity contribution in [3.05, 3.63) is 23.4 Å². The van der Waals surface area contributed by atoms with Gasteiger partial charge in [-0.3, -0.25) is 4.40 Å². The fourth-order valence-corrected chi connectivity index (χ4v) is 3.15. The van der Waals surface area contributed by atoms with Crippen molar-refractivity contribution in [2.24, 2.45) is 5.73 Å². The monoisotopic (exact) mass is 245 g/mol. The van der Waals surface area contributed by atoms with Gasteiger partial charge >= 0.3 is 0 Å². The molecule has 2 aromatic rings. The summed E-state index contributed by atoms with van der Waals surface area (Å²) in [4.78, 5) is 4.51. The standard InChI is InChI=1S/C13H19N5/c1-9-7-11-16-17-12(18(11)10(2)15-9)13(8-14)5-3-4-6-13/h7H,3-6,8,14H2,1-2H3. The first-order valence-electron chi connectivity index (χ1n) is 6.56. The third-order valence-corrected chi connectivity index (χ3v) is 4.11. The zero-order valence-electron chi connectivity index (χ0n) is 11.0. The van der Waals surface area contributed by atoms with Crippen LogP contribution in [-0.2, 0) is 5.41 Å². The Morgan fingerprint density at radius 2 is 2.00 bits per heavy atom. The summed E-state index contributed by atoms with van der Waals surface area (Å²) < 4.78 is 2.07. The van der Waals surface area contributed by atoms with Gasteiger partial charge in [0.1, 0.15) is 11.6 Å². The van der Waals surface area contributed by atoms with Gasteiger partial charge in [0.2, 0.25) is 0 Å². The average Bonchev–Trinajstić information content (AvgIpc) is 2.94. The summed E-state index contributed by atoms with van der Waals surface area (Å²) in [5.74, 6) is 1.95. The van der Waals surface area contributed by atoms with Crippen LogP contribution in [-0.4, -0.2) is 26.1 Å². The van der Waals surface area contributed by atoms with E-state index < -0.39 is 0 Å². The largest absolute Gasteiger partial charge is 0.329 e. The van der Waals surface area contributed by atoms with Crippen LogP contribution in [0.1, 0.15) is 43.0 Å². The molecule has 0 aliphatic heterocycles. The highest BCUT2D eigenvalue weighted by Crippen LogP contribution is 2.39. The molecule has 0 bridgehead atoms. The van der Waals surface area contributed by atoms with Crippen LogP contribution in [0.2, 0.25) is 0 Å². The highest BCUT2D eigenvalue weighted by atomic mass is 15.3. The van der Waals surface area contributed by atoms with Crippen LogP contribution in [0, 0.1) is 13.8 Å². The highest BCUT2D eigenvalue weighted by molar-refractivity contribution is 5.41. The molecule has 1 aliphatic carbocycles. The second kappa shape index (κ2) is 4.02. The van der Waals surface area contributed by atoms with Gasteiger partial charge in [0, 0.05) is 23.7 Å². The molecule has 0 saturated heterocycles. The van der Waals surface area contributed by atoms with Gasteiger partial charge in [-0.05, 0) is 26.7 Å². The van der Waals surface area contributed by atoms with E-state index in [4.69, 9.17) is 5.73 Å². The van der Waals surface area contributed by atoms with E-state index in [1.807, 2.05) is 19.9 Å². The number of rotatable bonds is 2. The molecule has 2 heterocycles. The maximum Gasteiger partial charge on any atom is 0.164 e. The molecule has 0 aromatic carbocycles. The Morgan fingerprint density at radius 1 is 1.28 bits per heavy atom. The number of fused-ring (bicyclic) bond motifs is 1. The molecule has 0 radical (unpaired) electrons. The molecule has 1 saturated carbocycles.